The summed E-state index contributed by atoms with van der Waals surface area (Å²) in [6, 6.07) is 9.07. The Labute approximate surface area is 106 Å². The number of carbonyl (C=O) groups is 2. The third-order valence-corrected chi connectivity index (χ3v) is 3.02. The molecule has 2 rings (SSSR count). The van der Waals surface area contributed by atoms with Gasteiger partial charge < -0.3 is 10.1 Å². The van der Waals surface area contributed by atoms with Gasteiger partial charge in [0.05, 0.1) is 6.04 Å². The van der Waals surface area contributed by atoms with Crippen molar-refractivity contribution in [3.63, 3.8) is 0 Å². The van der Waals surface area contributed by atoms with Gasteiger partial charge in [0, 0.05) is 0 Å². The molecule has 0 heterocycles. The number of carbonyl (C=O) groups excluding carboxylic acids is 2. The van der Waals surface area contributed by atoms with Gasteiger partial charge in [0.15, 0.2) is 5.78 Å². The lowest BCUT2D eigenvalue weighted by Crippen LogP contribution is -2.41. The van der Waals surface area contributed by atoms with Crippen LogP contribution in [0.15, 0.2) is 30.3 Å². The van der Waals surface area contributed by atoms with Crippen LogP contribution in [0.5, 0.6) is 0 Å². The minimum absolute atomic E-state index is 0.00541. The van der Waals surface area contributed by atoms with Crippen LogP contribution in [0.4, 0.5) is 4.79 Å². The Kier molecular flexibility index (Phi) is 3.97. The van der Waals surface area contributed by atoms with Gasteiger partial charge in [-0.05, 0) is 31.2 Å². The third kappa shape index (κ3) is 3.58. The standard InChI is InChI=1S/C14H17NO3/c1-10(16)13(12-7-8-12)15-14(17)18-9-11-5-3-2-4-6-11/h2-6,12-13H,7-9H2,1H3,(H,15,17). The molecule has 0 bridgehead atoms. The fourth-order valence-corrected chi connectivity index (χ4v) is 1.87. The fourth-order valence-electron chi connectivity index (χ4n) is 1.87. The maximum absolute atomic E-state index is 11.6. The molecular weight excluding hydrogens is 230 g/mol. The average Bonchev–Trinajstić information content (AvgIpc) is 3.18. The van der Waals surface area contributed by atoms with Crippen LogP contribution in [0.25, 0.3) is 0 Å². The summed E-state index contributed by atoms with van der Waals surface area (Å²) in [5, 5.41) is 2.64. The predicted octanol–water partition coefficient (Wildman–Crippen LogP) is 2.28. The second kappa shape index (κ2) is 5.67. The summed E-state index contributed by atoms with van der Waals surface area (Å²) in [4.78, 5) is 22.9. The second-order valence-electron chi connectivity index (χ2n) is 4.63. The summed E-state index contributed by atoms with van der Waals surface area (Å²) in [5.41, 5.74) is 0.929. The first kappa shape index (κ1) is 12.6. The fraction of sp³-hybridized carbons (Fsp3) is 0.429. The molecule has 0 saturated heterocycles. The highest BCUT2D eigenvalue weighted by molar-refractivity contribution is 5.86. The first-order valence-corrected chi connectivity index (χ1v) is 6.14. The topological polar surface area (TPSA) is 55.4 Å². The number of Topliss-reactive ketones (excluding diaryl/α,β-unsaturated/α-hetero) is 1. The number of hydrogen-bond donors (Lipinski definition) is 1. The quantitative estimate of drug-likeness (QED) is 0.868. The molecule has 0 aliphatic heterocycles. The van der Waals surface area contributed by atoms with E-state index in [1.54, 1.807) is 0 Å². The molecule has 1 saturated carbocycles. The maximum atomic E-state index is 11.6. The van der Waals surface area contributed by atoms with Crippen molar-refractivity contribution in [2.45, 2.75) is 32.4 Å². The Hall–Kier alpha value is -1.84. The van der Waals surface area contributed by atoms with Crippen LogP contribution in [-0.4, -0.2) is 17.9 Å². The Morgan fingerprint density at radius 1 is 1.33 bits per heavy atom. The highest BCUT2D eigenvalue weighted by Gasteiger charge is 2.35. The van der Waals surface area contributed by atoms with E-state index in [0.29, 0.717) is 5.92 Å². The zero-order chi connectivity index (χ0) is 13.0. The molecule has 1 unspecified atom stereocenters. The molecule has 0 spiro atoms. The highest BCUT2D eigenvalue weighted by atomic mass is 16.5. The van der Waals surface area contributed by atoms with Crippen molar-refractivity contribution in [1.82, 2.24) is 5.32 Å². The van der Waals surface area contributed by atoms with E-state index in [1.165, 1.54) is 6.92 Å². The number of amides is 1. The Balaban J connectivity index is 1.79. The van der Waals surface area contributed by atoms with Gasteiger partial charge in [-0.1, -0.05) is 30.3 Å². The van der Waals surface area contributed by atoms with Crippen LogP contribution in [0.2, 0.25) is 0 Å². The monoisotopic (exact) mass is 247 g/mol. The van der Waals surface area contributed by atoms with E-state index in [2.05, 4.69) is 5.32 Å². The summed E-state index contributed by atoms with van der Waals surface area (Å²) < 4.78 is 5.08. The van der Waals surface area contributed by atoms with Gasteiger partial charge in [-0.3, -0.25) is 4.79 Å². The summed E-state index contributed by atoms with van der Waals surface area (Å²) in [6.45, 7) is 1.72. The van der Waals surface area contributed by atoms with Crippen molar-refractivity contribution in [2.75, 3.05) is 0 Å². The van der Waals surface area contributed by atoms with E-state index in [4.69, 9.17) is 4.74 Å². The lowest BCUT2D eigenvalue weighted by molar-refractivity contribution is -0.119. The summed E-state index contributed by atoms with van der Waals surface area (Å²) in [5.74, 6) is 0.293. The van der Waals surface area contributed by atoms with Crippen LogP contribution in [0, 0.1) is 5.92 Å². The largest absolute Gasteiger partial charge is 0.445 e. The predicted molar refractivity (Wildman–Crippen MR) is 67.0 cm³/mol. The van der Waals surface area contributed by atoms with Crippen molar-refractivity contribution in [3.05, 3.63) is 35.9 Å². The van der Waals surface area contributed by atoms with Crippen LogP contribution >= 0.6 is 0 Å². The van der Waals surface area contributed by atoms with Gasteiger partial charge in [0.25, 0.3) is 0 Å². The molecule has 1 aromatic rings. The minimum atomic E-state index is -0.522. The first-order valence-electron chi connectivity index (χ1n) is 6.14. The van der Waals surface area contributed by atoms with Crippen LogP contribution in [0.1, 0.15) is 25.3 Å². The van der Waals surface area contributed by atoms with Crippen LogP contribution < -0.4 is 5.32 Å². The van der Waals surface area contributed by atoms with Crippen LogP contribution in [0.3, 0.4) is 0 Å². The molecule has 1 aromatic carbocycles. The molecule has 1 aliphatic carbocycles. The number of ketones is 1. The molecule has 1 N–H and O–H groups in total. The molecule has 0 aromatic heterocycles. The number of rotatable bonds is 5. The van der Waals surface area contributed by atoms with Crippen molar-refractivity contribution in [2.24, 2.45) is 5.92 Å². The smallest absolute Gasteiger partial charge is 0.408 e. The molecule has 4 nitrogen and oxygen atoms in total. The van der Waals surface area contributed by atoms with E-state index in [9.17, 15) is 9.59 Å². The number of hydrogen-bond acceptors (Lipinski definition) is 3. The number of ether oxygens (including phenoxy) is 1. The van der Waals surface area contributed by atoms with Gasteiger partial charge >= 0.3 is 6.09 Å². The van der Waals surface area contributed by atoms with Gasteiger partial charge in [-0.2, -0.15) is 0 Å². The van der Waals surface area contributed by atoms with Crippen molar-refractivity contribution in [3.8, 4) is 0 Å². The zero-order valence-corrected chi connectivity index (χ0v) is 10.4. The lowest BCUT2D eigenvalue weighted by Gasteiger charge is -2.14. The molecule has 0 radical (unpaired) electrons. The molecule has 18 heavy (non-hydrogen) atoms. The Morgan fingerprint density at radius 3 is 2.56 bits per heavy atom. The second-order valence-corrected chi connectivity index (χ2v) is 4.63. The zero-order valence-electron chi connectivity index (χ0n) is 10.4. The SMILES string of the molecule is CC(=O)C(NC(=O)OCc1ccccc1)C1CC1. The molecule has 1 amide bonds. The van der Waals surface area contributed by atoms with Crippen molar-refractivity contribution in [1.29, 1.82) is 0 Å². The normalized spacial score (nSPS) is 15.8. The maximum Gasteiger partial charge on any atom is 0.408 e. The molecule has 4 heteroatoms. The van der Waals surface area contributed by atoms with Gasteiger partial charge in [0.1, 0.15) is 6.61 Å². The molecule has 1 aliphatic rings. The average molecular weight is 247 g/mol. The minimum Gasteiger partial charge on any atom is -0.445 e. The third-order valence-electron chi connectivity index (χ3n) is 3.02. The molecule has 1 fully saturated rings. The molecular formula is C14H17NO3. The summed E-state index contributed by atoms with van der Waals surface area (Å²) in [6.07, 6.45) is 1.48. The Bertz CT molecular complexity index is 426. The van der Waals surface area contributed by atoms with E-state index in [0.717, 1.165) is 18.4 Å². The highest BCUT2D eigenvalue weighted by Crippen LogP contribution is 2.33. The molecule has 1 atom stereocenters. The number of nitrogens with one attached hydrogen (secondary N) is 1. The number of benzene rings is 1. The lowest BCUT2D eigenvalue weighted by atomic mass is 10.1. The van der Waals surface area contributed by atoms with Gasteiger partial charge in [0.2, 0.25) is 0 Å². The van der Waals surface area contributed by atoms with E-state index >= 15 is 0 Å². The summed E-state index contributed by atoms with van der Waals surface area (Å²) >= 11 is 0. The Morgan fingerprint density at radius 2 is 2.00 bits per heavy atom. The van der Waals surface area contributed by atoms with E-state index in [-0.39, 0.29) is 18.4 Å². The van der Waals surface area contributed by atoms with Gasteiger partial charge in [-0.15, -0.1) is 0 Å². The van der Waals surface area contributed by atoms with E-state index in [1.807, 2.05) is 30.3 Å². The number of alkyl carbamates (subject to hydrolysis) is 1. The van der Waals surface area contributed by atoms with Crippen LogP contribution in [-0.2, 0) is 16.1 Å². The first-order chi connectivity index (χ1) is 8.66. The molecule has 96 valence electrons. The van der Waals surface area contributed by atoms with Gasteiger partial charge in [-0.25, -0.2) is 4.79 Å². The van der Waals surface area contributed by atoms with Crippen molar-refractivity contribution >= 4 is 11.9 Å². The van der Waals surface area contributed by atoms with Crippen molar-refractivity contribution < 1.29 is 14.3 Å². The van der Waals surface area contributed by atoms with E-state index < -0.39 is 6.09 Å². The summed E-state index contributed by atoms with van der Waals surface area (Å²) in [7, 11) is 0.